The lowest BCUT2D eigenvalue weighted by atomic mass is 10.2. The van der Waals surface area contributed by atoms with Crippen LogP contribution in [-0.4, -0.2) is 37.8 Å². The van der Waals surface area contributed by atoms with Crippen molar-refractivity contribution in [3.05, 3.63) is 23.9 Å². The Labute approximate surface area is 123 Å². The van der Waals surface area contributed by atoms with Crippen molar-refractivity contribution >= 4 is 5.82 Å². The zero-order valence-corrected chi connectivity index (χ0v) is 13.4. The molecule has 0 spiro atoms. The minimum absolute atomic E-state index is 0.677. The Kier molecular flexibility index (Phi) is 8.23. The summed E-state index contributed by atoms with van der Waals surface area (Å²) in [5.74, 6) is 1.70. The van der Waals surface area contributed by atoms with Crippen LogP contribution in [-0.2, 0) is 11.3 Å². The summed E-state index contributed by atoms with van der Waals surface area (Å²) in [7, 11) is 0. The van der Waals surface area contributed by atoms with Crippen LogP contribution in [0.15, 0.2) is 18.3 Å². The van der Waals surface area contributed by atoms with Gasteiger partial charge in [0.1, 0.15) is 5.82 Å². The van der Waals surface area contributed by atoms with Gasteiger partial charge in [0.05, 0.1) is 6.61 Å². The number of nitrogens with zero attached hydrogens (tertiary/aromatic N) is 2. The predicted molar refractivity (Wildman–Crippen MR) is 85.2 cm³/mol. The third-order valence-corrected chi connectivity index (χ3v) is 3.11. The number of anilines is 1. The zero-order chi connectivity index (χ0) is 14.8. The normalized spacial score (nSPS) is 11.1. The second-order valence-corrected chi connectivity index (χ2v) is 5.33. The molecule has 1 N–H and O–H groups in total. The number of ether oxygens (including phenoxy) is 1. The van der Waals surface area contributed by atoms with Gasteiger partial charge in [0.2, 0.25) is 0 Å². The first-order valence-electron chi connectivity index (χ1n) is 7.65. The fourth-order valence-corrected chi connectivity index (χ4v) is 1.97. The molecule has 1 aromatic rings. The molecule has 1 heterocycles. The molecule has 0 aliphatic carbocycles. The Hall–Kier alpha value is -1.13. The molecule has 0 bridgehead atoms. The van der Waals surface area contributed by atoms with Crippen LogP contribution in [0.25, 0.3) is 0 Å². The van der Waals surface area contributed by atoms with Gasteiger partial charge in [-0.25, -0.2) is 4.98 Å². The molecule has 0 aliphatic rings. The van der Waals surface area contributed by atoms with Gasteiger partial charge in [0, 0.05) is 32.4 Å². The SMILES string of the molecule is CCOCCN(CC)c1ccc(CNCC(C)C)cn1. The van der Waals surface area contributed by atoms with Crippen LogP contribution in [0, 0.1) is 5.92 Å². The summed E-state index contributed by atoms with van der Waals surface area (Å²) < 4.78 is 5.41. The topological polar surface area (TPSA) is 37.4 Å². The summed E-state index contributed by atoms with van der Waals surface area (Å²) in [5, 5.41) is 3.43. The molecule has 0 unspecified atom stereocenters. The number of aromatic nitrogens is 1. The van der Waals surface area contributed by atoms with E-state index in [4.69, 9.17) is 4.74 Å². The molecule has 1 aromatic heterocycles. The van der Waals surface area contributed by atoms with Crippen molar-refractivity contribution in [2.24, 2.45) is 5.92 Å². The number of nitrogens with one attached hydrogen (secondary N) is 1. The van der Waals surface area contributed by atoms with Crippen LogP contribution < -0.4 is 10.2 Å². The average molecular weight is 279 g/mol. The minimum Gasteiger partial charge on any atom is -0.380 e. The van der Waals surface area contributed by atoms with E-state index < -0.39 is 0 Å². The standard InChI is InChI=1S/C16H29N3O/c1-5-19(9-10-20-6-2)16-8-7-15(13-18-16)12-17-11-14(3)4/h7-8,13-14,17H,5-6,9-12H2,1-4H3. The largest absolute Gasteiger partial charge is 0.380 e. The highest BCUT2D eigenvalue weighted by Crippen LogP contribution is 2.11. The quantitative estimate of drug-likeness (QED) is 0.668. The maximum Gasteiger partial charge on any atom is 0.128 e. The highest BCUT2D eigenvalue weighted by molar-refractivity contribution is 5.39. The van der Waals surface area contributed by atoms with E-state index >= 15 is 0 Å². The van der Waals surface area contributed by atoms with Crippen molar-refractivity contribution in [3.8, 4) is 0 Å². The van der Waals surface area contributed by atoms with Gasteiger partial charge >= 0.3 is 0 Å². The summed E-state index contributed by atoms with van der Waals surface area (Å²) in [6.45, 7) is 13.9. The van der Waals surface area contributed by atoms with E-state index in [-0.39, 0.29) is 0 Å². The van der Waals surface area contributed by atoms with E-state index in [9.17, 15) is 0 Å². The van der Waals surface area contributed by atoms with Crippen LogP contribution in [0.3, 0.4) is 0 Å². The third-order valence-electron chi connectivity index (χ3n) is 3.11. The van der Waals surface area contributed by atoms with Gasteiger partial charge in [-0.05, 0) is 37.9 Å². The molecule has 0 amide bonds. The van der Waals surface area contributed by atoms with Crippen molar-refractivity contribution in [2.75, 3.05) is 37.7 Å². The van der Waals surface area contributed by atoms with Gasteiger partial charge in [0.25, 0.3) is 0 Å². The number of likely N-dealkylation sites (N-methyl/N-ethyl adjacent to an activating group) is 1. The monoisotopic (exact) mass is 279 g/mol. The van der Waals surface area contributed by atoms with Crippen LogP contribution >= 0.6 is 0 Å². The van der Waals surface area contributed by atoms with Crippen LogP contribution in [0.5, 0.6) is 0 Å². The van der Waals surface area contributed by atoms with Crippen molar-refractivity contribution < 1.29 is 4.74 Å². The van der Waals surface area contributed by atoms with Crippen molar-refractivity contribution in [2.45, 2.75) is 34.2 Å². The van der Waals surface area contributed by atoms with Gasteiger partial charge in [-0.3, -0.25) is 0 Å². The van der Waals surface area contributed by atoms with E-state index in [2.05, 4.69) is 48.1 Å². The Morgan fingerprint density at radius 3 is 2.65 bits per heavy atom. The molecule has 0 aromatic carbocycles. The van der Waals surface area contributed by atoms with Crippen LogP contribution in [0.2, 0.25) is 0 Å². The first kappa shape index (κ1) is 16.9. The van der Waals surface area contributed by atoms with Crippen LogP contribution in [0.4, 0.5) is 5.82 Å². The average Bonchev–Trinajstić information content (AvgIpc) is 2.44. The molecular weight excluding hydrogens is 250 g/mol. The number of hydrogen-bond acceptors (Lipinski definition) is 4. The van der Waals surface area contributed by atoms with E-state index in [1.54, 1.807) is 0 Å². The molecule has 4 nitrogen and oxygen atoms in total. The first-order chi connectivity index (χ1) is 9.67. The molecule has 0 radical (unpaired) electrons. The highest BCUT2D eigenvalue weighted by Gasteiger charge is 2.05. The first-order valence-corrected chi connectivity index (χ1v) is 7.65. The molecule has 0 atom stereocenters. The van der Waals surface area contributed by atoms with Crippen molar-refractivity contribution in [1.82, 2.24) is 10.3 Å². The number of pyridine rings is 1. The van der Waals surface area contributed by atoms with Crippen molar-refractivity contribution in [1.29, 1.82) is 0 Å². The van der Waals surface area contributed by atoms with Crippen LogP contribution in [0.1, 0.15) is 33.3 Å². The Morgan fingerprint density at radius 2 is 2.10 bits per heavy atom. The van der Waals surface area contributed by atoms with Crippen molar-refractivity contribution in [3.63, 3.8) is 0 Å². The van der Waals surface area contributed by atoms with Gasteiger partial charge in [0.15, 0.2) is 0 Å². The lowest BCUT2D eigenvalue weighted by Crippen LogP contribution is -2.28. The maximum atomic E-state index is 5.41. The maximum absolute atomic E-state index is 5.41. The molecule has 0 saturated heterocycles. The molecule has 114 valence electrons. The molecule has 4 heteroatoms. The molecule has 0 aliphatic heterocycles. The second-order valence-electron chi connectivity index (χ2n) is 5.33. The number of rotatable bonds is 10. The molecule has 0 fully saturated rings. The molecule has 20 heavy (non-hydrogen) atoms. The minimum atomic E-state index is 0.677. The van der Waals surface area contributed by atoms with Gasteiger partial charge < -0.3 is 15.0 Å². The smallest absolute Gasteiger partial charge is 0.128 e. The molecule has 0 saturated carbocycles. The van der Waals surface area contributed by atoms with E-state index in [0.29, 0.717) is 5.92 Å². The predicted octanol–water partition coefficient (Wildman–Crippen LogP) is 2.69. The van der Waals surface area contributed by atoms with Gasteiger partial charge in [-0.2, -0.15) is 0 Å². The fraction of sp³-hybridized carbons (Fsp3) is 0.688. The highest BCUT2D eigenvalue weighted by atomic mass is 16.5. The third kappa shape index (κ3) is 6.35. The lowest BCUT2D eigenvalue weighted by Gasteiger charge is -2.21. The summed E-state index contributed by atoms with van der Waals surface area (Å²) in [6.07, 6.45) is 1.96. The van der Waals surface area contributed by atoms with Gasteiger partial charge in [-0.15, -0.1) is 0 Å². The summed E-state index contributed by atoms with van der Waals surface area (Å²) in [6, 6.07) is 4.25. The summed E-state index contributed by atoms with van der Waals surface area (Å²) in [4.78, 5) is 6.79. The van der Waals surface area contributed by atoms with Gasteiger partial charge in [-0.1, -0.05) is 19.9 Å². The summed E-state index contributed by atoms with van der Waals surface area (Å²) >= 11 is 0. The Morgan fingerprint density at radius 1 is 1.30 bits per heavy atom. The zero-order valence-electron chi connectivity index (χ0n) is 13.4. The number of hydrogen-bond donors (Lipinski definition) is 1. The summed E-state index contributed by atoms with van der Waals surface area (Å²) in [5.41, 5.74) is 1.23. The van der Waals surface area contributed by atoms with E-state index in [1.807, 2.05) is 13.1 Å². The second kappa shape index (κ2) is 9.72. The Bertz CT molecular complexity index is 351. The Balaban J connectivity index is 2.46. The lowest BCUT2D eigenvalue weighted by molar-refractivity contribution is 0.154. The van der Waals surface area contributed by atoms with E-state index in [1.165, 1.54) is 5.56 Å². The van der Waals surface area contributed by atoms with E-state index in [0.717, 1.165) is 45.2 Å². The molecular formula is C16H29N3O. The fourth-order valence-electron chi connectivity index (χ4n) is 1.97. The molecule has 1 rings (SSSR count).